The Morgan fingerprint density at radius 3 is 2.38 bits per heavy atom. The van der Waals surface area contributed by atoms with E-state index in [1.54, 1.807) is 12.0 Å². The van der Waals surface area contributed by atoms with E-state index in [-0.39, 0.29) is 12.0 Å². The van der Waals surface area contributed by atoms with Crippen LogP contribution in [0.4, 0.5) is 4.79 Å². The zero-order valence-electron chi connectivity index (χ0n) is 15.3. The van der Waals surface area contributed by atoms with Crippen molar-refractivity contribution in [3.8, 4) is 0 Å². The molecule has 0 spiro atoms. The zero-order valence-corrected chi connectivity index (χ0v) is 15.3. The average Bonchev–Trinajstić information content (AvgIpc) is 2.97. The number of ether oxygens (including phenoxy) is 3. The molecule has 138 valence electrons. The Bertz CT molecular complexity index is 456. The van der Waals surface area contributed by atoms with Crippen LogP contribution in [0, 0.1) is 5.41 Å². The molecule has 2 heterocycles. The van der Waals surface area contributed by atoms with Gasteiger partial charge in [-0.05, 0) is 33.6 Å². The fraction of sp³-hybridized carbons (Fsp3) is 0.882. The van der Waals surface area contributed by atoms with E-state index in [1.165, 1.54) is 0 Å². The first kappa shape index (κ1) is 19.0. The van der Waals surface area contributed by atoms with E-state index in [4.69, 9.17) is 14.2 Å². The molecule has 7 heteroatoms. The second kappa shape index (κ2) is 7.70. The van der Waals surface area contributed by atoms with Crippen LogP contribution in [-0.2, 0) is 19.0 Å². The third-order valence-corrected chi connectivity index (χ3v) is 4.54. The van der Waals surface area contributed by atoms with E-state index < -0.39 is 11.0 Å². The molecule has 0 aromatic heterocycles. The molecule has 0 saturated carbocycles. The highest BCUT2D eigenvalue weighted by molar-refractivity contribution is 5.84. The normalized spacial score (nSPS) is 25.0. The number of rotatable bonds is 4. The highest BCUT2D eigenvalue weighted by atomic mass is 16.6. The lowest BCUT2D eigenvalue weighted by atomic mass is 9.82. The van der Waals surface area contributed by atoms with Gasteiger partial charge in [0.2, 0.25) is 5.91 Å². The molecule has 2 amide bonds. The van der Waals surface area contributed by atoms with Crippen molar-refractivity contribution in [2.75, 3.05) is 53.1 Å². The van der Waals surface area contributed by atoms with Crippen LogP contribution in [0.5, 0.6) is 0 Å². The van der Waals surface area contributed by atoms with Gasteiger partial charge in [0.15, 0.2) is 0 Å². The predicted molar refractivity (Wildman–Crippen MR) is 88.7 cm³/mol. The summed E-state index contributed by atoms with van der Waals surface area (Å²) >= 11 is 0. The summed E-state index contributed by atoms with van der Waals surface area (Å²) in [5, 5.41) is 0. The molecule has 0 aromatic rings. The molecule has 0 radical (unpaired) electrons. The first-order chi connectivity index (χ1) is 11.3. The van der Waals surface area contributed by atoms with Crippen LogP contribution in [0.25, 0.3) is 0 Å². The van der Waals surface area contributed by atoms with Crippen molar-refractivity contribution in [1.82, 2.24) is 9.80 Å². The number of morpholine rings is 1. The second-order valence-corrected chi connectivity index (χ2v) is 7.58. The number of likely N-dealkylation sites (tertiary alicyclic amines) is 1. The first-order valence-electron chi connectivity index (χ1n) is 8.61. The summed E-state index contributed by atoms with van der Waals surface area (Å²) in [7, 11) is 1.63. The fourth-order valence-corrected chi connectivity index (χ4v) is 3.24. The Morgan fingerprint density at radius 2 is 1.79 bits per heavy atom. The van der Waals surface area contributed by atoms with Crippen molar-refractivity contribution in [3.05, 3.63) is 0 Å². The van der Waals surface area contributed by atoms with Crippen LogP contribution >= 0.6 is 0 Å². The molecule has 0 N–H and O–H groups in total. The van der Waals surface area contributed by atoms with E-state index in [1.807, 2.05) is 25.7 Å². The molecule has 1 atom stereocenters. The van der Waals surface area contributed by atoms with Gasteiger partial charge in [-0.1, -0.05) is 0 Å². The number of hydrogen-bond acceptors (Lipinski definition) is 5. The Balaban J connectivity index is 2.08. The molecule has 2 fully saturated rings. The van der Waals surface area contributed by atoms with E-state index in [2.05, 4.69) is 0 Å². The standard InChI is InChI=1S/C17H30N2O5/c1-16(2,3)24-15(21)19-7-5-17(13-19,6-10-22-4)14(20)18-8-11-23-12-9-18/h5-13H2,1-4H3/t17-/m1/s1. The summed E-state index contributed by atoms with van der Waals surface area (Å²) in [5.41, 5.74) is -1.12. The number of carbonyl (C=O) groups excluding carboxylic acids is 2. The van der Waals surface area contributed by atoms with Gasteiger partial charge >= 0.3 is 6.09 Å². The third kappa shape index (κ3) is 4.60. The Kier molecular flexibility index (Phi) is 6.09. The largest absolute Gasteiger partial charge is 0.444 e. The van der Waals surface area contributed by atoms with Gasteiger partial charge in [0.1, 0.15) is 5.60 Å². The first-order valence-corrected chi connectivity index (χ1v) is 8.61. The fourth-order valence-electron chi connectivity index (χ4n) is 3.24. The van der Waals surface area contributed by atoms with Crippen LogP contribution < -0.4 is 0 Å². The maximum atomic E-state index is 13.1. The van der Waals surface area contributed by atoms with Gasteiger partial charge in [0.25, 0.3) is 0 Å². The highest BCUT2D eigenvalue weighted by Crippen LogP contribution is 2.37. The van der Waals surface area contributed by atoms with Crippen LogP contribution in [0.3, 0.4) is 0 Å². The summed E-state index contributed by atoms with van der Waals surface area (Å²) in [4.78, 5) is 29.0. The molecule has 2 saturated heterocycles. The third-order valence-electron chi connectivity index (χ3n) is 4.54. The van der Waals surface area contributed by atoms with Gasteiger partial charge in [-0.25, -0.2) is 4.79 Å². The molecule has 2 rings (SSSR count). The quantitative estimate of drug-likeness (QED) is 0.775. The monoisotopic (exact) mass is 342 g/mol. The molecular formula is C17H30N2O5. The maximum absolute atomic E-state index is 13.1. The summed E-state index contributed by atoms with van der Waals surface area (Å²) in [6.45, 7) is 9.33. The molecular weight excluding hydrogens is 312 g/mol. The second-order valence-electron chi connectivity index (χ2n) is 7.58. The van der Waals surface area contributed by atoms with E-state index in [0.717, 1.165) is 0 Å². The van der Waals surface area contributed by atoms with Crippen molar-refractivity contribution in [2.45, 2.75) is 39.2 Å². The number of methoxy groups -OCH3 is 1. The van der Waals surface area contributed by atoms with Gasteiger partial charge in [-0.15, -0.1) is 0 Å². The number of amides is 2. The SMILES string of the molecule is COCC[C@]1(C(=O)N2CCOCC2)CCN(C(=O)OC(C)(C)C)C1. The molecule has 24 heavy (non-hydrogen) atoms. The molecule has 0 bridgehead atoms. The summed E-state index contributed by atoms with van der Waals surface area (Å²) < 4.78 is 16.0. The van der Waals surface area contributed by atoms with E-state index in [9.17, 15) is 9.59 Å². The highest BCUT2D eigenvalue weighted by Gasteiger charge is 2.48. The van der Waals surface area contributed by atoms with Gasteiger partial charge in [-0.2, -0.15) is 0 Å². The minimum Gasteiger partial charge on any atom is -0.444 e. The Morgan fingerprint density at radius 1 is 1.12 bits per heavy atom. The van der Waals surface area contributed by atoms with Crippen LogP contribution in [0.1, 0.15) is 33.6 Å². The van der Waals surface area contributed by atoms with Gasteiger partial charge in [0.05, 0.1) is 18.6 Å². The van der Waals surface area contributed by atoms with Crippen LogP contribution in [0.15, 0.2) is 0 Å². The minimum atomic E-state index is -0.579. The zero-order chi connectivity index (χ0) is 17.8. The lowest BCUT2D eigenvalue weighted by Gasteiger charge is -2.36. The van der Waals surface area contributed by atoms with E-state index in [0.29, 0.717) is 58.8 Å². The van der Waals surface area contributed by atoms with Gasteiger partial charge in [0, 0.05) is 39.9 Å². The molecule has 2 aliphatic rings. The minimum absolute atomic E-state index is 0.105. The molecule has 2 aliphatic heterocycles. The number of hydrogen-bond donors (Lipinski definition) is 0. The smallest absolute Gasteiger partial charge is 0.410 e. The average molecular weight is 342 g/mol. The number of nitrogens with zero attached hydrogens (tertiary/aromatic N) is 2. The number of carbonyl (C=O) groups is 2. The predicted octanol–water partition coefficient (Wildman–Crippen LogP) is 1.51. The van der Waals surface area contributed by atoms with Crippen molar-refractivity contribution < 1.29 is 23.8 Å². The maximum Gasteiger partial charge on any atom is 0.410 e. The van der Waals surface area contributed by atoms with Gasteiger partial charge in [-0.3, -0.25) is 4.79 Å². The van der Waals surface area contributed by atoms with Crippen molar-refractivity contribution in [3.63, 3.8) is 0 Å². The summed E-state index contributed by atoms with van der Waals surface area (Å²) in [5.74, 6) is 0.105. The Hall–Kier alpha value is -1.34. The molecule has 0 aliphatic carbocycles. The van der Waals surface area contributed by atoms with Crippen molar-refractivity contribution in [2.24, 2.45) is 5.41 Å². The van der Waals surface area contributed by atoms with Crippen molar-refractivity contribution in [1.29, 1.82) is 0 Å². The summed E-state index contributed by atoms with van der Waals surface area (Å²) in [6.07, 6.45) is 0.904. The topological polar surface area (TPSA) is 68.3 Å². The van der Waals surface area contributed by atoms with Gasteiger partial charge < -0.3 is 24.0 Å². The van der Waals surface area contributed by atoms with E-state index >= 15 is 0 Å². The van der Waals surface area contributed by atoms with Crippen molar-refractivity contribution >= 4 is 12.0 Å². The molecule has 0 aromatic carbocycles. The summed E-state index contributed by atoms with van der Waals surface area (Å²) in [6, 6.07) is 0. The molecule has 7 nitrogen and oxygen atoms in total. The lowest BCUT2D eigenvalue weighted by molar-refractivity contribution is -0.146. The lowest BCUT2D eigenvalue weighted by Crippen LogP contribution is -2.50. The molecule has 0 unspecified atom stereocenters. The van der Waals surface area contributed by atoms with Crippen LogP contribution in [0.2, 0.25) is 0 Å². The Labute approximate surface area is 144 Å². The van der Waals surface area contributed by atoms with Crippen LogP contribution in [-0.4, -0.2) is 80.5 Å².